The number of guanidine groups is 1. The lowest BCUT2D eigenvalue weighted by molar-refractivity contribution is 0.726. The molecule has 2 heterocycles. The van der Waals surface area contributed by atoms with E-state index in [1.54, 1.807) is 0 Å². The van der Waals surface area contributed by atoms with Gasteiger partial charge in [-0.2, -0.15) is 0 Å². The zero-order chi connectivity index (χ0) is 15.9. The summed E-state index contributed by atoms with van der Waals surface area (Å²) in [5.41, 5.74) is 1.23. The van der Waals surface area contributed by atoms with Crippen molar-refractivity contribution in [2.75, 3.05) is 24.5 Å². The Hall–Kier alpha value is -1.05. The summed E-state index contributed by atoms with van der Waals surface area (Å²) in [5.74, 6) is 2.04. The van der Waals surface area contributed by atoms with E-state index in [2.05, 4.69) is 39.6 Å². The summed E-state index contributed by atoms with van der Waals surface area (Å²) in [6, 6.07) is 4.90. The van der Waals surface area contributed by atoms with Gasteiger partial charge in [0.25, 0.3) is 0 Å². The van der Waals surface area contributed by atoms with Crippen LogP contribution in [0.3, 0.4) is 0 Å². The van der Waals surface area contributed by atoms with Crippen molar-refractivity contribution in [1.82, 2.24) is 15.6 Å². The number of rotatable bonds is 5. The molecule has 0 unspecified atom stereocenters. The van der Waals surface area contributed by atoms with Crippen molar-refractivity contribution in [2.24, 2.45) is 4.99 Å². The van der Waals surface area contributed by atoms with E-state index in [9.17, 15) is 0 Å². The van der Waals surface area contributed by atoms with Crippen molar-refractivity contribution in [2.45, 2.75) is 58.0 Å². The molecule has 0 amide bonds. The van der Waals surface area contributed by atoms with Crippen LogP contribution >= 0.6 is 24.0 Å². The number of halogens is 1. The van der Waals surface area contributed by atoms with Crippen LogP contribution in [0.4, 0.5) is 5.82 Å². The first-order valence-electron chi connectivity index (χ1n) is 9.10. The third kappa shape index (κ3) is 6.11. The van der Waals surface area contributed by atoms with Crippen LogP contribution in [0.15, 0.2) is 23.3 Å². The molecule has 0 bridgehead atoms. The molecule has 2 N–H and O–H groups in total. The van der Waals surface area contributed by atoms with Crippen LogP contribution in [-0.2, 0) is 6.54 Å². The molecule has 2 aliphatic rings. The van der Waals surface area contributed by atoms with Crippen molar-refractivity contribution in [3.63, 3.8) is 0 Å². The number of nitrogens with zero attached hydrogens (tertiary/aromatic N) is 3. The minimum Gasteiger partial charge on any atom is -0.357 e. The summed E-state index contributed by atoms with van der Waals surface area (Å²) in [4.78, 5) is 11.7. The van der Waals surface area contributed by atoms with Gasteiger partial charge in [-0.25, -0.2) is 9.98 Å². The highest BCUT2D eigenvalue weighted by Crippen LogP contribution is 2.19. The minimum atomic E-state index is 0. The number of aromatic nitrogens is 1. The summed E-state index contributed by atoms with van der Waals surface area (Å²) in [7, 11) is 0. The molecule has 0 aromatic carbocycles. The van der Waals surface area contributed by atoms with Crippen molar-refractivity contribution >= 4 is 35.8 Å². The van der Waals surface area contributed by atoms with Gasteiger partial charge in [0.15, 0.2) is 5.96 Å². The van der Waals surface area contributed by atoms with Crippen molar-refractivity contribution in [3.8, 4) is 0 Å². The van der Waals surface area contributed by atoms with Gasteiger partial charge in [0, 0.05) is 31.9 Å². The molecule has 5 nitrogen and oxygen atoms in total. The zero-order valence-electron chi connectivity index (χ0n) is 14.6. The standard InChI is InChI=1S/C18H29N5.HI/c1-2-19-18(22-16-7-8-16)21-14-15-9-10-20-17(13-15)23-11-5-3-4-6-12-23;/h9-10,13,16H,2-8,11-12,14H2,1H3,(H2,19,21,22);1H. The van der Waals surface area contributed by atoms with E-state index in [0.717, 1.165) is 31.4 Å². The average Bonchev–Trinajstić information content (AvgIpc) is 3.40. The van der Waals surface area contributed by atoms with E-state index in [-0.39, 0.29) is 24.0 Å². The van der Waals surface area contributed by atoms with Crippen LogP contribution in [0.25, 0.3) is 0 Å². The number of aliphatic imine (C=N–C) groups is 1. The van der Waals surface area contributed by atoms with Gasteiger partial charge >= 0.3 is 0 Å². The molecular formula is C18H30IN5. The van der Waals surface area contributed by atoms with Gasteiger partial charge in [-0.3, -0.25) is 0 Å². The Balaban J connectivity index is 0.00000208. The highest BCUT2D eigenvalue weighted by molar-refractivity contribution is 14.0. The molecule has 2 fully saturated rings. The van der Waals surface area contributed by atoms with Gasteiger partial charge in [0.2, 0.25) is 0 Å². The van der Waals surface area contributed by atoms with Crippen molar-refractivity contribution < 1.29 is 0 Å². The Bertz CT molecular complexity index is 522. The van der Waals surface area contributed by atoms with E-state index < -0.39 is 0 Å². The van der Waals surface area contributed by atoms with Gasteiger partial charge < -0.3 is 15.5 Å². The Morgan fingerprint density at radius 1 is 1.25 bits per heavy atom. The second-order valence-corrected chi connectivity index (χ2v) is 6.54. The van der Waals surface area contributed by atoms with Crippen LogP contribution < -0.4 is 15.5 Å². The van der Waals surface area contributed by atoms with Crippen LogP contribution in [0, 0.1) is 0 Å². The highest BCUT2D eigenvalue weighted by Gasteiger charge is 2.22. The first-order valence-corrected chi connectivity index (χ1v) is 9.10. The highest BCUT2D eigenvalue weighted by atomic mass is 127. The van der Waals surface area contributed by atoms with Crippen LogP contribution in [0.2, 0.25) is 0 Å². The molecule has 0 atom stereocenters. The van der Waals surface area contributed by atoms with E-state index >= 15 is 0 Å². The van der Waals surface area contributed by atoms with E-state index in [1.165, 1.54) is 44.1 Å². The predicted octanol–water partition coefficient (Wildman–Crippen LogP) is 3.30. The first-order chi connectivity index (χ1) is 11.3. The third-order valence-electron chi connectivity index (χ3n) is 4.42. The molecule has 1 saturated carbocycles. The fraction of sp³-hybridized carbons (Fsp3) is 0.667. The number of pyridine rings is 1. The predicted molar refractivity (Wildman–Crippen MR) is 111 cm³/mol. The normalized spacial score (nSPS) is 18.5. The van der Waals surface area contributed by atoms with Gasteiger partial charge in [0.05, 0.1) is 6.54 Å². The lowest BCUT2D eigenvalue weighted by Gasteiger charge is -2.21. The molecule has 134 valence electrons. The summed E-state index contributed by atoms with van der Waals surface area (Å²) in [5, 5.41) is 6.78. The van der Waals surface area contributed by atoms with E-state index in [0.29, 0.717) is 12.6 Å². The molecule has 1 aromatic rings. The molecule has 3 rings (SSSR count). The quantitative estimate of drug-likeness (QED) is 0.417. The Kier molecular flexibility index (Phi) is 8.08. The number of nitrogens with one attached hydrogen (secondary N) is 2. The molecule has 6 heteroatoms. The van der Waals surface area contributed by atoms with E-state index in [1.807, 2.05) is 6.20 Å². The lowest BCUT2D eigenvalue weighted by Crippen LogP contribution is -2.38. The summed E-state index contributed by atoms with van der Waals surface area (Å²) in [6.07, 6.45) is 9.70. The molecule has 24 heavy (non-hydrogen) atoms. The topological polar surface area (TPSA) is 52.6 Å². The fourth-order valence-corrected chi connectivity index (χ4v) is 2.94. The summed E-state index contributed by atoms with van der Waals surface area (Å²) in [6.45, 7) is 5.96. The maximum Gasteiger partial charge on any atom is 0.191 e. The molecule has 1 aromatic heterocycles. The summed E-state index contributed by atoms with van der Waals surface area (Å²) >= 11 is 0. The van der Waals surface area contributed by atoms with Crippen LogP contribution in [-0.4, -0.2) is 36.6 Å². The smallest absolute Gasteiger partial charge is 0.191 e. The van der Waals surface area contributed by atoms with Gasteiger partial charge in [-0.05, 0) is 50.3 Å². The van der Waals surface area contributed by atoms with Gasteiger partial charge in [-0.1, -0.05) is 12.8 Å². The molecule has 1 aliphatic carbocycles. The monoisotopic (exact) mass is 443 g/mol. The largest absolute Gasteiger partial charge is 0.357 e. The van der Waals surface area contributed by atoms with Crippen molar-refractivity contribution in [3.05, 3.63) is 23.9 Å². The van der Waals surface area contributed by atoms with Crippen LogP contribution in [0.1, 0.15) is 51.0 Å². The SMILES string of the molecule is CCNC(=NCc1ccnc(N2CCCCCC2)c1)NC1CC1.I. The molecule has 1 saturated heterocycles. The molecule has 0 radical (unpaired) electrons. The van der Waals surface area contributed by atoms with Gasteiger partial charge in [0.1, 0.15) is 5.82 Å². The lowest BCUT2D eigenvalue weighted by atomic mass is 10.2. The molecule has 1 aliphatic heterocycles. The Labute approximate surface area is 162 Å². The zero-order valence-corrected chi connectivity index (χ0v) is 17.0. The average molecular weight is 443 g/mol. The first kappa shape index (κ1) is 19.3. The second-order valence-electron chi connectivity index (χ2n) is 6.54. The minimum absolute atomic E-state index is 0. The molecule has 0 spiro atoms. The number of hydrogen-bond acceptors (Lipinski definition) is 3. The van der Waals surface area contributed by atoms with Crippen LogP contribution in [0.5, 0.6) is 0 Å². The maximum atomic E-state index is 4.72. The van der Waals surface area contributed by atoms with E-state index in [4.69, 9.17) is 4.99 Å². The maximum absolute atomic E-state index is 4.72. The number of anilines is 1. The third-order valence-corrected chi connectivity index (χ3v) is 4.42. The van der Waals surface area contributed by atoms with Gasteiger partial charge in [-0.15, -0.1) is 24.0 Å². The summed E-state index contributed by atoms with van der Waals surface area (Å²) < 4.78 is 0. The Morgan fingerprint density at radius 3 is 2.67 bits per heavy atom. The second kappa shape index (κ2) is 10.1. The number of hydrogen-bond donors (Lipinski definition) is 2. The molecular weight excluding hydrogens is 413 g/mol. The van der Waals surface area contributed by atoms with Crippen molar-refractivity contribution in [1.29, 1.82) is 0 Å². The Morgan fingerprint density at radius 2 is 2.00 bits per heavy atom. The fourth-order valence-electron chi connectivity index (χ4n) is 2.94.